The van der Waals surface area contributed by atoms with E-state index in [2.05, 4.69) is 0 Å². The minimum absolute atomic E-state index is 0. The Hall–Kier alpha value is -1.20. The molecule has 0 atom stereocenters. The molecule has 0 fully saturated rings. The number of likely N-dealkylation sites (N-methyl/N-ethyl adjacent to an activating group) is 1. The van der Waals surface area contributed by atoms with Crippen LogP contribution in [0, 0.1) is 11.6 Å². The molecule has 1 rings (SSSR count). The Bertz CT molecular complexity index is 374. The van der Waals surface area contributed by atoms with Crippen LogP contribution in [-0.4, -0.2) is 24.4 Å². The van der Waals surface area contributed by atoms with Gasteiger partial charge in [-0.05, 0) is 17.7 Å². The number of carbonyl (C=O) groups is 1. The van der Waals surface area contributed by atoms with Crippen LogP contribution in [-0.2, 0) is 11.3 Å². The summed E-state index contributed by atoms with van der Waals surface area (Å²) in [4.78, 5) is 12.5. The number of halogens is 3. The molecule has 90 valence electrons. The minimum atomic E-state index is -0.916. The first-order valence-corrected chi connectivity index (χ1v) is 4.42. The molecule has 0 saturated heterocycles. The summed E-state index contributed by atoms with van der Waals surface area (Å²) in [5.74, 6) is -2.06. The Kier molecular flexibility index (Phi) is 5.92. The first-order chi connectivity index (χ1) is 7.04. The smallest absolute Gasteiger partial charge is 0.236 e. The van der Waals surface area contributed by atoms with Gasteiger partial charge < -0.3 is 10.6 Å². The molecule has 1 aromatic rings. The number of carbonyl (C=O) groups excluding carboxylic acids is 1. The maximum absolute atomic E-state index is 12.8. The van der Waals surface area contributed by atoms with Crippen molar-refractivity contribution in [3.05, 3.63) is 35.4 Å². The number of hydrogen-bond donors (Lipinski definition) is 1. The monoisotopic (exact) mass is 250 g/mol. The highest BCUT2D eigenvalue weighted by Gasteiger charge is 2.08. The zero-order chi connectivity index (χ0) is 11.4. The lowest BCUT2D eigenvalue weighted by atomic mass is 10.2. The highest BCUT2D eigenvalue weighted by Crippen LogP contribution is 2.10. The second kappa shape index (κ2) is 6.40. The highest BCUT2D eigenvalue weighted by molar-refractivity contribution is 5.85. The molecule has 0 heterocycles. The van der Waals surface area contributed by atoms with Gasteiger partial charge in [-0.15, -0.1) is 12.4 Å². The maximum Gasteiger partial charge on any atom is 0.236 e. The standard InChI is InChI=1S/C10H12F2N2O.ClH/c1-14(10(15)5-13)6-7-2-3-8(11)9(12)4-7;/h2-4H,5-6,13H2,1H3;1H. The van der Waals surface area contributed by atoms with Gasteiger partial charge in [-0.25, -0.2) is 8.78 Å². The number of rotatable bonds is 3. The fourth-order valence-electron chi connectivity index (χ4n) is 1.16. The number of nitrogens with two attached hydrogens (primary N) is 1. The van der Waals surface area contributed by atoms with Crippen molar-refractivity contribution in [3.63, 3.8) is 0 Å². The van der Waals surface area contributed by atoms with Crippen LogP contribution in [0.3, 0.4) is 0 Å². The molecule has 0 spiro atoms. The third-order valence-electron chi connectivity index (χ3n) is 2.00. The van der Waals surface area contributed by atoms with E-state index < -0.39 is 11.6 Å². The van der Waals surface area contributed by atoms with Gasteiger partial charge in [-0.3, -0.25) is 4.79 Å². The molecule has 16 heavy (non-hydrogen) atoms. The summed E-state index contributed by atoms with van der Waals surface area (Å²) >= 11 is 0. The number of amides is 1. The Balaban J connectivity index is 0.00000225. The normalized spacial score (nSPS) is 9.50. The molecular formula is C10H13ClF2N2O. The highest BCUT2D eigenvalue weighted by atomic mass is 35.5. The van der Waals surface area contributed by atoms with Crippen LogP contribution in [0.25, 0.3) is 0 Å². The predicted octanol–water partition coefficient (Wildman–Crippen LogP) is 1.30. The van der Waals surface area contributed by atoms with Crippen molar-refractivity contribution >= 4 is 18.3 Å². The van der Waals surface area contributed by atoms with Crippen molar-refractivity contribution in [2.45, 2.75) is 6.54 Å². The summed E-state index contributed by atoms with van der Waals surface area (Å²) in [7, 11) is 1.55. The summed E-state index contributed by atoms with van der Waals surface area (Å²) < 4.78 is 25.4. The van der Waals surface area contributed by atoms with E-state index in [1.54, 1.807) is 7.05 Å². The predicted molar refractivity (Wildman–Crippen MR) is 59.1 cm³/mol. The fraction of sp³-hybridized carbons (Fsp3) is 0.300. The third-order valence-corrected chi connectivity index (χ3v) is 2.00. The lowest BCUT2D eigenvalue weighted by Crippen LogP contribution is -2.32. The van der Waals surface area contributed by atoms with Crippen LogP contribution < -0.4 is 5.73 Å². The molecular weight excluding hydrogens is 238 g/mol. The second-order valence-corrected chi connectivity index (χ2v) is 3.20. The van der Waals surface area contributed by atoms with E-state index >= 15 is 0 Å². The molecule has 0 unspecified atom stereocenters. The van der Waals surface area contributed by atoms with E-state index in [-0.39, 0.29) is 31.4 Å². The van der Waals surface area contributed by atoms with Gasteiger partial charge in [0.25, 0.3) is 0 Å². The largest absolute Gasteiger partial charge is 0.340 e. The molecule has 0 bridgehead atoms. The summed E-state index contributed by atoms with van der Waals surface area (Å²) in [6.45, 7) is 0.118. The van der Waals surface area contributed by atoms with Crippen molar-refractivity contribution in [1.29, 1.82) is 0 Å². The Morgan fingerprint density at radius 2 is 2.00 bits per heavy atom. The maximum atomic E-state index is 12.8. The topological polar surface area (TPSA) is 46.3 Å². The van der Waals surface area contributed by atoms with E-state index in [0.717, 1.165) is 12.1 Å². The van der Waals surface area contributed by atoms with Crippen molar-refractivity contribution in [3.8, 4) is 0 Å². The lowest BCUT2D eigenvalue weighted by Gasteiger charge is -2.16. The molecule has 0 saturated carbocycles. The molecule has 6 heteroatoms. The first kappa shape index (κ1) is 14.8. The molecule has 0 aromatic heterocycles. The number of benzene rings is 1. The molecule has 0 aliphatic carbocycles. The zero-order valence-corrected chi connectivity index (χ0v) is 9.56. The van der Waals surface area contributed by atoms with E-state index in [1.807, 2.05) is 0 Å². The van der Waals surface area contributed by atoms with Gasteiger partial charge in [0.15, 0.2) is 11.6 Å². The quantitative estimate of drug-likeness (QED) is 0.879. The van der Waals surface area contributed by atoms with Gasteiger partial charge in [0, 0.05) is 13.6 Å². The van der Waals surface area contributed by atoms with Crippen LogP contribution >= 0.6 is 12.4 Å². The van der Waals surface area contributed by atoms with Crippen molar-refractivity contribution < 1.29 is 13.6 Å². The molecule has 3 nitrogen and oxygen atoms in total. The second-order valence-electron chi connectivity index (χ2n) is 3.20. The van der Waals surface area contributed by atoms with Gasteiger partial charge >= 0.3 is 0 Å². The first-order valence-electron chi connectivity index (χ1n) is 4.42. The fourth-order valence-corrected chi connectivity index (χ4v) is 1.16. The Labute approximate surface area is 98.6 Å². The molecule has 0 aliphatic rings. The van der Waals surface area contributed by atoms with Gasteiger partial charge in [0.2, 0.25) is 5.91 Å². The van der Waals surface area contributed by atoms with E-state index in [4.69, 9.17) is 5.73 Å². The molecule has 0 aliphatic heterocycles. The van der Waals surface area contributed by atoms with Crippen LogP contribution in [0.4, 0.5) is 8.78 Å². The van der Waals surface area contributed by atoms with E-state index in [0.29, 0.717) is 5.56 Å². The Morgan fingerprint density at radius 1 is 1.38 bits per heavy atom. The summed E-state index contributed by atoms with van der Waals surface area (Å²) in [5, 5.41) is 0. The van der Waals surface area contributed by atoms with Crippen molar-refractivity contribution in [2.75, 3.05) is 13.6 Å². The van der Waals surface area contributed by atoms with Gasteiger partial charge in [-0.1, -0.05) is 6.07 Å². The van der Waals surface area contributed by atoms with Crippen LogP contribution in [0.5, 0.6) is 0 Å². The SMILES string of the molecule is CN(Cc1ccc(F)c(F)c1)C(=O)CN.Cl. The van der Waals surface area contributed by atoms with Crippen LogP contribution in [0.2, 0.25) is 0 Å². The Morgan fingerprint density at radius 3 is 2.50 bits per heavy atom. The summed E-state index contributed by atoms with van der Waals surface area (Å²) in [6.07, 6.45) is 0. The van der Waals surface area contributed by atoms with Crippen molar-refractivity contribution in [2.24, 2.45) is 5.73 Å². The van der Waals surface area contributed by atoms with Crippen molar-refractivity contribution in [1.82, 2.24) is 4.90 Å². The van der Waals surface area contributed by atoms with Crippen LogP contribution in [0.1, 0.15) is 5.56 Å². The molecule has 0 radical (unpaired) electrons. The molecule has 1 aromatic carbocycles. The average Bonchev–Trinajstić information content (AvgIpc) is 2.22. The van der Waals surface area contributed by atoms with Gasteiger partial charge in [0.05, 0.1) is 6.54 Å². The molecule has 1 amide bonds. The molecule has 2 N–H and O–H groups in total. The summed E-state index contributed by atoms with van der Waals surface area (Å²) in [6, 6.07) is 3.53. The van der Waals surface area contributed by atoms with Gasteiger partial charge in [0.1, 0.15) is 0 Å². The number of nitrogens with zero attached hydrogens (tertiary/aromatic N) is 1. The average molecular weight is 251 g/mol. The van der Waals surface area contributed by atoms with Gasteiger partial charge in [-0.2, -0.15) is 0 Å². The zero-order valence-electron chi connectivity index (χ0n) is 8.74. The van der Waals surface area contributed by atoms with E-state index in [9.17, 15) is 13.6 Å². The van der Waals surface area contributed by atoms with Crippen LogP contribution in [0.15, 0.2) is 18.2 Å². The summed E-state index contributed by atoms with van der Waals surface area (Å²) in [5.41, 5.74) is 5.68. The van der Waals surface area contributed by atoms with E-state index in [1.165, 1.54) is 11.0 Å². The number of hydrogen-bond acceptors (Lipinski definition) is 2. The lowest BCUT2D eigenvalue weighted by molar-refractivity contribution is -0.128. The third kappa shape index (κ3) is 3.75. The minimum Gasteiger partial charge on any atom is -0.340 e.